The predicted octanol–water partition coefficient (Wildman–Crippen LogP) is 0.325. The first-order valence-electron chi connectivity index (χ1n) is 8.55. The van der Waals surface area contributed by atoms with Crippen molar-refractivity contribution in [3.05, 3.63) is 11.4 Å². The minimum atomic E-state index is -3.44. The van der Waals surface area contributed by atoms with Crippen molar-refractivity contribution in [1.29, 1.82) is 10.5 Å². The van der Waals surface area contributed by atoms with Crippen molar-refractivity contribution < 1.29 is 12.6 Å². The summed E-state index contributed by atoms with van der Waals surface area (Å²) in [6, 6.07) is 3.98. The molecule has 0 unspecified atom stereocenters. The van der Waals surface area contributed by atoms with Crippen molar-refractivity contribution in [1.82, 2.24) is 14.7 Å². The van der Waals surface area contributed by atoms with Crippen LogP contribution in [0.25, 0.3) is 0 Å². The minimum Gasteiger partial charge on any atom is -0.355 e. The number of nitrogens with zero attached hydrogens (tertiary/aromatic N) is 5. The van der Waals surface area contributed by atoms with Gasteiger partial charge < -0.3 is 14.7 Å². The first kappa shape index (κ1) is 19.5. The number of hydrogen-bond acceptors (Lipinski definition) is 8. The summed E-state index contributed by atoms with van der Waals surface area (Å²) in [4.78, 5) is 6.48. The van der Waals surface area contributed by atoms with Crippen LogP contribution in [0.15, 0.2) is 11.4 Å². The molecule has 0 saturated carbocycles. The third-order valence-corrected chi connectivity index (χ3v) is 5.04. The largest absolute Gasteiger partial charge is 0.355 e. The second kappa shape index (κ2) is 9.04. The van der Waals surface area contributed by atoms with Gasteiger partial charge in [-0.15, -0.1) is 0 Å². The Bertz CT molecular complexity index is 655. The smallest absolute Gasteiger partial charge is 0.264 e. The Morgan fingerprint density at radius 1 is 1.04 bits per heavy atom. The van der Waals surface area contributed by atoms with Crippen LogP contribution >= 0.6 is 0 Å². The lowest BCUT2D eigenvalue weighted by Gasteiger charge is -2.26. The summed E-state index contributed by atoms with van der Waals surface area (Å²) >= 11 is 0. The molecular weight excluding hydrogens is 342 g/mol. The Kier molecular flexibility index (Phi) is 7.06. The highest BCUT2D eigenvalue weighted by Gasteiger charge is 2.28. The van der Waals surface area contributed by atoms with Crippen molar-refractivity contribution in [3.8, 4) is 12.1 Å². The molecule has 2 saturated heterocycles. The maximum atomic E-state index is 11.0. The lowest BCUT2D eigenvalue weighted by molar-refractivity contribution is 0.257. The van der Waals surface area contributed by atoms with Gasteiger partial charge in [0.2, 0.25) is 0 Å². The van der Waals surface area contributed by atoms with E-state index in [1.54, 1.807) is 0 Å². The van der Waals surface area contributed by atoms with Gasteiger partial charge in [-0.05, 0) is 32.4 Å². The molecule has 0 amide bonds. The van der Waals surface area contributed by atoms with Crippen LogP contribution in [-0.4, -0.2) is 81.8 Å². The highest BCUT2D eigenvalue weighted by molar-refractivity contribution is 7.85. The summed E-state index contributed by atoms with van der Waals surface area (Å²) in [5, 5.41) is 18.6. The molecule has 0 N–H and O–H groups in total. The molecule has 0 aromatic carbocycles. The maximum Gasteiger partial charge on any atom is 0.264 e. The van der Waals surface area contributed by atoms with E-state index in [-0.39, 0.29) is 12.2 Å². The van der Waals surface area contributed by atoms with E-state index in [0.717, 1.165) is 45.5 Å². The first-order valence-corrected chi connectivity index (χ1v) is 10.4. The van der Waals surface area contributed by atoms with Crippen LogP contribution in [0.4, 0.5) is 0 Å². The summed E-state index contributed by atoms with van der Waals surface area (Å²) in [5.74, 6) is 0.670. The molecule has 0 atom stereocenters. The second-order valence-electron chi connectivity index (χ2n) is 6.32. The van der Waals surface area contributed by atoms with Crippen LogP contribution in [0.3, 0.4) is 0 Å². The van der Waals surface area contributed by atoms with E-state index in [0.29, 0.717) is 18.8 Å². The lowest BCUT2D eigenvalue weighted by atomic mass is 10.3. The number of nitriles is 2. The fraction of sp³-hybridized carbons (Fsp3) is 0.750. The quantitative estimate of drug-likeness (QED) is 0.344. The SMILES string of the molecule is CS(=O)(=O)OCCCN1CCN(CCN2CCCC2)C1=C(C#N)C#N. The van der Waals surface area contributed by atoms with Crippen molar-refractivity contribution in [2.45, 2.75) is 19.3 Å². The van der Waals surface area contributed by atoms with Gasteiger partial charge in [-0.1, -0.05) is 0 Å². The highest BCUT2D eigenvalue weighted by atomic mass is 32.2. The Morgan fingerprint density at radius 3 is 2.20 bits per heavy atom. The number of hydrogen-bond donors (Lipinski definition) is 0. The standard InChI is InChI=1S/C16H25N5O3S/c1-25(22,23)24-12-4-7-20-10-11-21(16(20)15(13-17)14-18)9-8-19-5-2-3-6-19/h2-12H2,1H3. The second-order valence-corrected chi connectivity index (χ2v) is 7.97. The van der Waals surface area contributed by atoms with Gasteiger partial charge in [0.25, 0.3) is 10.1 Å². The number of allylic oxidation sites excluding steroid dienone is 1. The molecule has 0 bridgehead atoms. The molecule has 2 heterocycles. The Hall–Kier alpha value is -1.81. The van der Waals surface area contributed by atoms with Gasteiger partial charge in [-0.2, -0.15) is 18.9 Å². The van der Waals surface area contributed by atoms with Crippen molar-refractivity contribution >= 4 is 10.1 Å². The van der Waals surface area contributed by atoms with Crippen molar-refractivity contribution in [3.63, 3.8) is 0 Å². The first-order chi connectivity index (χ1) is 11.9. The van der Waals surface area contributed by atoms with Gasteiger partial charge in [0.1, 0.15) is 18.0 Å². The molecule has 25 heavy (non-hydrogen) atoms. The van der Waals surface area contributed by atoms with Crippen LogP contribution in [-0.2, 0) is 14.3 Å². The average Bonchev–Trinajstić information content (AvgIpc) is 3.20. The molecule has 0 spiro atoms. The van der Waals surface area contributed by atoms with E-state index in [1.165, 1.54) is 12.8 Å². The molecule has 0 radical (unpaired) electrons. The third kappa shape index (κ3) is 5.89. The molecule has 0 aromatic heterocycles. The summed E-state index contributed by atoms with van der Waals surface area (Å²) in [6.07, 6.45) is 4.01. The summed E-state index contributed by atoms with van der Waals surface area (Å²) in [6.45, 7) is 6.09. The number of rotatable bonds is 8. The van der Waals surface area contributed by atoms with E-state index in [4.69, 9.17) is 4.18 Å². The van der Waals surface area contributed by atoms with Gasteiger partial charge in [0.05, 0.1) is 12.9 Å². The van der Waals surface area contributed by atoms with Crippen LogP contribution in [0.5, 0.6) is 0 Å². The predicted molar refractivity (Wildman–Crippen MR) is 92.5 cm³/mol. The van der Waals surface area contributed by atoms with E-state index >= 15 is 0 Å². The molecule has 138 valence electrons. The van der Waals surface area contributed by atoms with E-state index < -0.39 is 10.1 Å². The van der Waals surface area contributed by atoms with Crippen LogP contribution in [0.2, 0.25) is 0 Å². The molecule has 8 nitrogen and oxygen atoms in total. The van der Waals surface area contributed by atoms with Crippen molar-refractivity contribution in [2.24, 2.45) is 0 Å². The Labute approximate surface area is 150 Å². The van der Waals surface area contributed by atoms with Crippen LogP contribution in [0, 0.1) is 22.7 Å². The Morgan fingerprint density at radius 2 is 1.64 bits per heavy atom. The molecule has 2 fully saturated rings. The summed E-state index contributed by atoms with van der Waals surface area (Å²) < 4.78 is 26.8. The van der Waals surface area contributed by atoms with Gasteiger partial charge >= 0.3 is 0 Å². The van der Waals surface area contributed by atoms with Gasteiger partial charge in [0.15, 0.2) is 5.57 Å². The van der Waals surface area contributed by atoms with Crippen molar-refractivity contribution in [2.75, 3.05) is 58.7 Å². The highest BCUT2D eigenvalue weighted by Crippen LogP contribution is 2.22. The van der Waals surface area contributed by atoms with E-state index in [9.17, 15) is 18.9 Å². The third-order valence-electron chi connectivity index (χ3n) is 4.44. The molecule has 2 rings (SSSR count). The molecule has 2 aliphatic heterocycles. The topological polar surface area (TPSA) is 101 Å². The summed E-state index contributed by atoms with van der Waals surface area (Å²) in [5.41, 5.74) is 0.114. The van der Waals surface area contributed by atoms with Crippen LogP contribution < -0.4 is 0 Å². The molecule has 2 aliphatic rings. The molecular formula is C16H25N5O3S. The fourth-order valence-corrected chi connectivity index (χ4v) is 3.68. The van der Waals surface area contributed by atoms with Gasteiger partial charge in [0, 0.05) is 32.7 Å². The minimum absolute atomic E-state index is 0.102. The molecule has 0 aliphatic carbocycles. The number of likely N-dealkylation sites (tertiary alicyclic amines) is 1. The van der Waals surface area contributed by atoms with Crippen LogP contribution in [0.1, 0.15) is 19.3 Å². The van der Waals surface area contributed by atoms with Gasteiger partial charge in [-0.25, -0.2) is 0 Å². The average molecular weight is 367 g/mol. The normalized spacial score (nSPS) is 18.4. The van der Waals surface area contributed by atoms with Gasteiger partial charge in [-0.3, -0.25) is 4.18 Å². The zero-order valence-electron chi connectivity index (χ0n) is 14.6. The lowest BCUT2D eigenvalue weighted by Crippen LogP contribution is -2.33. The zero-order valence-corrected chi connectivity index (χ0v) is 15.5. The maximum absolute atomic E-state index is 11.0. The molecule has 9 heteroatoms. The van der Waals surface area contributed by atoms with E-state index in [1.807, 2.05) is 17.0 Å². The zero-order chi connectivity index (χ0) is 18.3. The molecule has 0 aromatic rings. The van der Waals surface area contributed by atoms with E-state index in [2.05, 4.69) is 9.80 Å². The monoisotopic (exact) mass is 367 g/mol. The Balaban J connectivity index is 1.96. The fourth-order valence-electron chi connectivity index (χ4n) is 3.26. The summed E-state index contributed by atoms with van der Waals surface area (Å²) in [7, 11) is -3.44.